The highest BCUT2D eigenvalue weighted by Crippen LogP contribution is 2.49. The van der Waals surface area contributed by atoms with Gasteiger partial charge in [0.1, 0.15) is 5.78 Å². The topological polar surface area (TPSA) is 43.1 Å². The molecule has 2 aromatic carbocycles. The SMILES string of the molecule is CC(CC(=O)C1CC1c1ccccc1)c1ccc(N)cc1. The maximum absolute atomic E-state index is 12.4. The van der Waals surface area contributed by atoms with Gasteiger partial charge in [0, 0.05) is 18.0 Å². The maximum Gasteiger partial charge on any atom is 0.137 e. The predicted octanol–water partition coefficient (Wildman–Crippen LogP) is 4.14. The van der Waals surface area contributed by atoms with E-state index in [4.69, 9.17) is 5.73 Å². The fourth-order valence-electron chi connectivity index (χ4n) is 3.02. The molecule has 0 heterocycles. The Bertz CT molecular complexity index is 618. The van der Waals surface area contributed by atoms with E-state index in [0.717, 1.165) is 12.1 Å². The molecule has 1 fully saturated rings. The van der Waals surface area contributed by atoms with Gasteiger partial charge in [-0.05, 0) is 41.5 Å². The summed E-state index contributed by atoms with van der Waals surface area (Å²) in [6, 6.07) is 18.2. The van der Waals surface area contributed by atoms with Crippen LogP contribution in [-0.2, 0) is 4.79 Å². The number of hydrogen-bond acceptors (Lipinski definition) is 2. The highest BCUT2D eigenvalue weighted by atomic mass is 16.1. The van der Waals surface area contributed by atoms with Crippen molar-refractivity contribution in [2.45, 2.75) is 31.6 Å². The minimum Gasteiger partial charge on any atom is -0.399 e. The molecule has 2 heteroatoms. The molecule has 0 amide bonds. The Kier molecular flexibility index (Phi) is 3.78. The van der Waals surface area contributed by atoms with Gasteiger partial charge >= 0.3 is 0 Å². The number of Topliss-reactive ketones (excluding diaryl/α,β-unsaturated/α-hetero) is 1. The van der Waals surface area contributed by atoms with Crippen molar-refractivity contribution in [1.82, 2.24) is 0 Å². The van der Waals surface area contributed by atoms with Crippen molar-refractivity contribution in [3.8, 4) is 0 Å². The summed E-state index contributed by atoms with van der Waals surface area (Å²) in [4.78, 5) is 12.4. The Labute approximate surface area is 126 Å². The zero-order valence-electron chi connectivity index (χ0n) is 12.3. The molecule has 0 aromatic heterocycles. The molecule has 2 N–H and O–H groups in total. The van der Waals surface area contributed by atoms with Gasteiger partial charge in [-0.1, -0.05) is 49.4 Å². The van der Waals surface area contributed by atoms with E-state index < -0.39 is 0 Å². The summed E-state index contributed by atoms with van der Waals surface area (Å²) < 4.78 is 0. The van der Waals surface area contributed by atoms with Crippen LogP contribution in [0.4, 0.5) is 5.69 Å². The minimum atomic E-state index is 0.226. The van der Waals surface area contributed by atoms with Crippen molar-refractivity contribution in [3.05, 3.63) is 65.7 Å². The monoisotopic (exact) mass is 279 g/mol. The summed E-state index contributed by atoms with van der Waals surface area (Å²) in [5.74, 6) is 1.32. The standard InChI is InChI=1S/C19H21NO/c1-13(14-7-9-16(20)10-8-14)11-19(21)18-12-17(18)15-5-3-2-4-6-15/h2-10,13,17-18H,11-12,20H2,1H3. The average Bonchev–Trinajstić information content (AvgIpc) is 3.29. The first-order valence-corrected chi connectivity index (χ1v) is 7.58. The van der Waals surface area contributed by atoms with Crippen LogP contribution in [0.2, 0.25) is 0 Å². The Morgan fingerprint density at radius 2 is 1.81 bits per heavy atom. The smallest absolute Gasteiger partial charge is 0.137 e. The van der Waals surface area contributed by atoms with E-state index in [2.05, 4.69) is 19.1 Å². The lowest BCUT2D eigenvalue weighted by molar-refractivity contribution is -0.120. The molecule has 0 spiro atoms. The van der Waals surface area contributed by atoms with Crippen molar-refractivity contribution < 1.29 is 4.79 Å². The zero-order chi connectivity index (χ0) is 14.8. The zero-order valence-corrected chi connectivity index (χ0v) is 12.3. The molecule has 2 aromatic rings. The van der Waals surface area contributed by atoms with Crippen LogP contribution in [0.3, 0.4) is 0 Å². The summed E-state index contributed by atoms with van der Waals surface area (Å²) >= 11 is 0. The third-order valence-electron chi connectivity index (χ3n) is 4.44. The summed E-state index contributed by atoms with van der Waals surface area (Å²) in [5, 5.41) is 0. The predicted molar refractivity (Wildman–Crippen MR) is 86.2 cm³/mol. The molecule has 3 atom stereocenters. The maximum atomic E-state index is 12.4. The van der Waals surface area contributed by atoms with Gasteiger partial charge in [0.05, 0.1) is 0 Å². The van der Waals surface area contributed by atoms with Crippen molar-refractivity contribution in [1.29, 1.82) is 0 Å². The third kappa shape index (κ3) is 3.15. The lowest BCUT2D eigenvalue weighted by atomic mass is 9.93. The molecular weight excluding hydrogens is 258 g/mol. The first-order valence-electron chi connectivity index (χ1n) is 7.58. The van der Waals surface area contributed by atoms with Crippen LogP contribution in [0.5, 0.6) is 0 Å². The number of ketones is 1. The first kappa shape index (κ1) is 13.9. The van der Waals surface area contributed by atoms with Crippen LogP contribution in [-0.4, -0.2) is 5.78 Å². The molecule has 0 aliphatic heterocycles. The summed E-state index contributed by atoms with van der Waals surface area (Å²) in [7, 11) is 0. The van der Waals surface area contributed by atoms with Gasteiger partial charge in [-0.25, -0.2) is 0 Å². The summed E-state index contributed by atoms with van der Waals surface area (Å²) in [6.45, 7) is 2.11. The number of carbonyl (C=O) groups is 1. The molecule has 21 heavy (non-hydrogen) atoms. The molecule has 1 aliphatic carbocycles. The van der Waals surface area contributed by atoms with Crippen LogP contribution >= 0.6 is 0 Å². The highest BCUT2D eigenvalue weighted by molar-refractivity contribution is 5.85. The van der Waals surface area contributed by atoms with Crippen molar-refractivity contribution in [3.63, 3.8) is 0 Å². The van der Waals surface area contributed by atoms with Gasteiger partial charge in [0.15, 0.2) is 0 Å². The number of carbonyl (C=O) groups excluding carboxylic acids is 1. The van der Waals surface area contributed by atoms with Crippen molar-refractivity contribution >= 4 is 11.5 Å². The number of rotatable bonds is 5. The normalized spacial score (nSPS) is 21.8. The van der Waals surface area contributed by atoms with E-state index in [9.17, 15) is 4.79 Å². The van der Waals surface area contributed by atoms with Gasteiger partial charge in [-0.3, -0.25) is 4.79 Å². The van der Waals surface area contributed by atoms with Crippen molar-refractivity contribution in [2.24, 2.45) is 5.92 Å². The van der Waals surface area contributed by atoms with Crippen LogP contribution in [0.15, 0.2) is 54.6 Å². The van der Waals surface area contributed by atoms with Crippen LogP contribution in [0.25, 0.3) is 0 Å². The molecule has 1 aliphatic rings. The fraction of sp³-hybridized carbons (Fsp3) is 0.316. The van der Waals surface area contributed by atoms with Gasteiger partial charge in [-0.2, -0.15) is 0 Å². The van der Waals surface area contributed by atoms with E-state index in [1.807, 2.05) is 42.5 Å². The number of benzene rings is 2. The molecule has 108 valence electrons. The molecule has 3 rings (SSSR count). The lowest BCUT2D eigenvalue weighted by Gasteiger charge is -2.11. The van der Waals surface area contributed by atoms with E-state index >= 15 is 0 Å². The van der Waals surface area contributed by atoms with E-state index in [1.54, 1.807) is 0 Å². The Morgan fingerprint density at radius 1 is 1.14 bits per heavy atom. The summed E-state index contributed by atoms with van der Waals surface area (Å²) in [6.07, 6.45) is 1.63. The molecular formula is C19H21NO. The minimum absolute atomic E-state index is 0.226. The average molecular weight is 279 g/mol. The molecule has 0 bridgehead atoms. The molecule has 2 nitrogen and oxygen atoms in total. The van der Waals surface area contributed by atoms with Gasteiger partial charge in [0.2, 0.25) is 0 Å². The Hall–Kier alpha value is -2.09. The van der Waals surface area contributed by atoms with Crippen LogP contribution < -0.4 is 5.73 Å². The van der Waals surface area contributed by atoms with E-state index in [1.165, 1.54) is 11.1 Å². The molecule has 0 saturated heterocycles. The molecule has 0 radical (unpaired) electrons. The molecule has 1 saturated carbocycles. The molecule has 3 unspecified atom stereocenters. The van der Waals surface area contributed by atoms with E-state index in [-0.39, 0.29) is 11.8 Å². The van der Waals surface area contributed by atoms with Gasteiger partial charge in [-0.15, -0.1) is 0 Å². The summed E-state index contributed by atoms with van der Waals surface area (Å²) in [5.41, 5.74) is 8.96. The second-order valence-electron chi connectivity index (χ2n) is 6.10. The number of nitrogen functional groups attached to an aromatic ring is 1. The second-order valence-corrected chi connectivity index (χ2v) is 6.10. The number of nitrogens with two attached hydrogens (primary N) is 1. The highest BCUT2D eigenvalue weighted by Gasteiger charge is 2.43. The second kappa shape index (κ2) is 5.72. The fourth-order valence-corrected chi connectivity index (χ4v) is 3.02. The van der Waals surface area contributed by atoms with Crippen LogP contribution in [0, 0.1) is 5.92 Å². The largest absolute Gasteiger partial charge is 0.399 e. The Morgan fingerprint density at radius 3 is 2.48 bits per heavy atom. The van der Waals surface area contributed by atoms with E-state index in [0.29, 0.717) is 18.1 Å². The van der Waals surface area contributed by atoms with Crippen LogP contribution in [0.1, 0.15) is 42.7 Å². The third-order valence-corrected chi connectivity index (χ3v) is 4.44. The lowest BCUT2D eigenvalue weighted by Crippen LogP contribution is -2.07. The van der Waals surface area contributed by atoms with Crippen molar-refractivity contribution in [2.75, 3.05) is 5.73 Å². The quantitative estimate of drug-likeness (QED) is 0.836. The van der Waals surface area contributed by atoms with Gasteiger partial charge in [0.25, 0.3) is 0 Å². The Balaban J connectivity index is 1.59. The number of anilines is 1. The van der Waals surface area contributed by atoms with Gasteiger partial charge < -0.3 is 5.73 Å². The number of hydrogen-bond donors (Lipinski definition) is 1. The first-order chi connectivity index (χ1) is 10.1.